The predicted octanol–water partition coefficient (Wildman–Crippen LogP) is 2.85. The second-order valence-electron chi connectivity index (χ2n) is 7.44. The molecule has 0 saturated carbocycles. The fourth-order valence-corrected chi connectivity index (χ4v) is 3.07. The number of nitrogens with zero attached hydrogens (tertiary/aromatic N) is 2. The Morgan fingerprint density at radius 1 is 1.43 bits per heavy atom. The van der Waals surface area contributed by atoms with Crippen molar-refractivity contribution >= 4 is 35.8 Å². The van der Waals surface area contributed by atoms with Crippen molar-refractivity contribution in [3.05, 3.63) is 23.9 Å². The minimum atomic E-state index is 0. The number of guanidine groups is 1. The van der Waals surface area contributed by atoms with E-state index < -0.39 is 0 Å². The fourth-order valence-electron chi connectivity index (χ4n) is 3.07. The van der Waals surface area contributed by atoms with Crippen LogP contribution in [0.1, 0.15) is 52.5 Å². The van der Waals surface area contributed by atoms with Crippen LogP contribution in [0.25, 0.3) is 0 Å². The van der Waals surface area contributed by atoms with E-state index in [1.54, 1.807) is 6.20 Å². The highest BCUT2D eigenvalue weighted by molar-refractivity contribution is 14.0. The SMILES string of the molecule is CCNC(=NCc1ccnc(OC(C)CC(C)C)c1)NC1CCC(=O)NC1.I. The Bertz CT molecular complexity index is 629. The molecule has 3 N–H and O–H groups in total. The number of carbonyl (C=O) groups is 1. The van der Waals surface area contributed by atoms with Crippen LogP contribution in [0.5, 0.6) is 5.88 Å². The number of rotatable bonds is 8. The molecule has 0 aromatic carbocycles. The smallest absolute Gasteiger partial charge is 0.220 e. The van der Waals surface area contributed by atoms with E-state index in [4.69, 9.17) is 4.74 Å². The highest BCUT2D eigenvalue weighted by Crippen LogP contribution is 2.15. The van der Waals surface area contributed by atoms with Crippen LogP contribution < -0.4 is 20.7 Å². The van der Waals surface area contributed by atoms with Gasteiger partial charge in [-0.05, 0) is 44.2 Å². The molecule has 1 fully saturated rings. The summed E-state index contributed by atoms with van der Waals surface area (Å²) in [5.41, 5.74) is 1.05. The highest BCUT2D eigenvalue weighted by Gasteiger charge is 2.18. The lowest BCUT2D eigenvalue weighted by molar-refractivity contribution is -0.122. The number of piperidine rings is 1. The Morgan fingerprint density at radius 3 is 2.86 bits per heavy atom. The molecule has 1 saturated heterocycles. The maximum Gasteiger partial charge on any atom is 0.220 e. The second-order valence-corrected chi connectivity index (χ2v) is 7.44. The first-order valence-corrected chi connectivity index (χ1v) is 9.89. The van der Waals surface area contributed by atoms with Gasteiger partial charge in [-0.1, -0.05) is 13.8 Å². The number of pyridine rings is 1. The number of aliphatic imine (C=N–C) groups is 1. The zero-order valence-electron chi connectivity index (χ0n) is 17.3. The predicted molar refractivity (Wildman–Crippen MR) is 123 cm³/mol. The normalized spacial score (nSPS) is 18.1. The molecule has 1 aromatic heterocycles. The molecule has 7 nitrogen and oxygen atoms in total. The van der Waals surface area contributed by atoms with Gasteiger partial charge in [-0.2, -0.15) is 0 Å². The summed E-state index contributed by atoms with van der Waals surface area (Å²) < 4.78 is 5.92. The van der Waals surface area contributed by atoms with E-state index in [2.05, 4.69) is 46.7 Å². The standard InChI is InChI=1S/C20H33N5O2.HI/c1-5-21-20(25-17-6-7-18(26)23-13-17)24-12-16-8-9-22-19(11-16)27-15(4)10-14(2)3;/h8-9,11,14-15,17H,5-7,10,12-13H2,1-4H3,(H,23,26)(H2,21,24,25);1H. The first-order valence-electron chi connectivity index (χ1n) is 9.89. The van der Waals surface area contributed by atoms with Crippen molar-refractivity contribution < 1.29 is 9.53 Å². The van der Waals surface area contributed by atoms with Gasteiger partial charge in [0.1, 0.15) is 0 Å². The minimum absolute atomic E-state index is 0. The lowest BCUT2D eigenvalue weighted by atomic mass is 10.1. The first-order chi connectivity index (χ1) is 13.0. The van der Waals surface area contributed by atoms with E-state index in [0.717, 1.165) is 30.9 Å². The van der Waals surface area contributed by atoms with E-state index >= 15 is 0 Å². The Hall–Kier alpha value is -1.58. The van der Waals surface area contributed by atoms with Crippen LogP contribution >= 0.6 is 24.0 Å². The fraction of sp³-hybridized carbons (Fsp3) is 0.650. The van der Waals surface area contributed by atoms with Gasteiger partial charge < -0.3 is 20.7 Å². The topological polar surface area (TPSA) is 87.6 Å². The molecule has 2 rings (SSSR count). The van der Waals surface area contributed by atoms with Crippen molar-refractivity contribution in [2.45, 2.75) is 65.6 Å². The zero-order chi connectivity index (χ0) is 19.6. The van der Waals surface area contributed by atoms with E-state index in [9.17, 15) is 4.79 Å². The number of hydrogen-bond acceptors (Lipinski definition) is 4. The number of halogens is 1. The largest absolute Gasteiger partial charge is 0.475 e. The van der Waals surface area contributed by atoms with Crippen LogP contribution in [-0.4, -0.2) is 42.1 Å². The van der Waals surface area contributed by atoms with Gasteiger partial charge in [-0.25, -0.2) is 9.98 Å². The summed E-state index contributed by atoms with van der Waals surface area (Å²) in [6.45, 7) is 10.4. The van der Waals surface area contributed by atoms with Crippen LogP contribution in [0.3, 0.4) is 0 Å². The van der Waals surface area contributed by atoms with Crippen molar-refractivity contribution in [1.82, 2.24) is 20.9 Å². The third kappa shape index (κ3) is 9.07. The van der Waals surface area contributed by atoms with Crippen LogP contribution in [-0.2, 0) is 11.3 Å². The molecule has 0 bridgehead atoms. The molecule has 0 radical (unpaired) electrons. The molecule has 2 heterocycles. The van der Waals surface area contributed by atoms with Gasteiger partial charge >= 0.3 is 0 Å². The van der Waals surface area contributed by atoms with Gasteiger partial charge in [0.2, 0.25) is 11.8 Å². The van der Waals surface area contributed by atoms with Crippen LogP contribution in [0.2, 0.25) is 0 Å². The van der Waals surface area contributed by atoms with E-state index in [0.29, 0.717) is 31.3 Å². The van der Waals surface area contributed by atoms with Gasteiger partial charge in [0.15, 0.2) is 5.96 Å². The molecule has 2 atom stereocenters. The lowest BCUT2D eigenvalue weighted by Crippen LogP contribution is -2.51. The average Bonchev–Trinajstić information content (AvgIpc) is 2.61. The lowest BCUT2D eigenvalue weighted by Gasteiger charge is -2.25. The van der Waals surface area contributed by atoms with E-state index in [-0.39, 0.29) is 42.0 Å². The van der Waals surface area contributed by atoms with E-state index in [1.807, 2.05) is 19.1 Å². The molecule has 0 spiro atoms. The van der Waals surface area contributed by atoms with Gasteiger partial charge in [-0.3, -0.25) is 4.79 Å². The molecule has 2 unspecified atom stereocenters. The molecule has 158 valence electrons. The summed E-state index contributed by atoms with van der Waals surface area (Å²) >= 11 is 0. The molecule has 1 aliphatic rings. The average molecular weight is 503 g/mol. The summed E-state index contributed by atoms with van der Waals surface area (Å²) in [7, 11) is 0. The first kappa shape index (κ1) is 24.5. The van der Waals surface area contributed by atoms with Crippen molar-refractivity contribution in [2.75, 3.05) is 13.1 Å². The van der Waals surface area contributed by atoms with Gasteiger partial charge in [-0.15, -0.1) is 24.0 Å². The molecule has 1 aromatic rings. The van der Waals surface area contributed by atoms with Crippen molar-refractivity contribution in [3.8, 4) is 5.88 Å². The molecule has 8 heteroatoms. The third-order valence-corrected chi connectivity index (χ3v) is 4.29. The number of carbonyl (C=O) groups excluding carboxylic acids is 1. The Kier molecular flexibility index (Phi) is 11.2. The van der Waals surface area contributed by atoms with Gasteiger partial charge in [0.05, 0.1) is 12.6 Å². The maximum absolute atomic E-state index is 11.3. The van der Waals surface area contributed by atoms with Crippen molar-refractivity contribution in [3.63, 3.8) is 0 Å². The molecule has 1 aliphatic heterocycles. The van der Waals surface area contributed by atoms with Crippen molar-refractivity contribution in [1.29, 1.82) is 0 Å². The monoisotopic (exact) mass is 503 g/mol. The molecule has 0 aliphatic carbocycles. The number of amides is 1. The minimum Gasteiger partial charge on any atom is -0.475 e. The van der Waals surface area contributed by atoms with Crippen LogP contribution in [0.4, 0.5) is 0 Å². The molecule has 28 heavy (non-hydrogen) atoms. The Morgan fingerprint density at radius 2 is 2.21 bits per heavy atom. The number of ether oxygens (including phenoxy) is 1. The second kappa shape index (κ2) is 12.8. The third-order valence-electron chi connectivity index (χ3n) is 4.29. The molecular weight excluding hydrogens is 469 g/mol. The maximum atomic E-state index is 11.3. The Labute approximate surface area is 185 Å². The van der Waals surface area contributed by atoms with Crippen molar-refractivity contribution in [2.24, 2.45) is 10.9 Å². The summed E-state index contributed by atoms with van der Waals surface area (Å²) in [6.07, 6.45) is 4.26. The van der Waals surface area contributed by atoms with Gasteiger partial charge in [0, 0.05) is 37.8 Å². The van der Waals surface area contributed by atoms with Crippen LogP contribution in [0, 0.1) is 5.92 Å². The molecule has 1 amide bonds. The summed E-state index contributed by atoms with van der Waals surface area (Å²) in [5, 5.41) is 9.54. The number of nitrogens with one attached hydrogen (secondary N) is 3. The Balaban J connectivity index is 0.00000392. The number of aromatic nitrogens is 1. The van der Waals surface area contributed by atoms with Crippen LogP contribution in [0.15, 0.2) is 23.3 Å². The summed E-state index contributed by atoms with van der Waals surface area (Å²) in [4.78, 5) is 20.3. The molecular formula is C20H34IN5O2. The quantitative estimate of drug-likeness (QED) is 0.289. The van der Waals surface area contributed by atoms with Gasteiger partial charge in [0.25, 0.3) is 0 Å². The highest BCUT2D eigenvalue weighted by atomic mass is 127. The van der Waals surface area contributed by atoms with E-state index in [1.165, 1.54) is 0 Å². The number of hydrogen-bond donors (Lipinski definition) is 3. The summed E-state index contributed by atoms with van der Waals surface area (Å²) in [6, 6.07) is 4.10. The summed E-state index contributed by atoms with van der Waals surface area (Å²) in [5.74, 6) is 2.10. The zero-order valence-corrected chi connectivity index (χ0v) is 19.7.